The second kappa shape index (κ2) is 5.20. The van der Waals surface area contributed by atoms with Crippen molar-refractivity contribution in [3.8, 4) is 0 Å². The number of aromatic nitrogens is 2. The molecule has 3 aromatic rings. The van der Waals surface area contributed by atoms with Crippen LogP contribution >= 0.6 is 11.8 Å². The van der Waals surface area contributed by atoms with Crippen molar-refractivity contribution in [3.63, 3.8) is 0 Å². The van der Waals surface area contributed by atoms with Gasteiger partial charge in [-0.1, -0.05) is 48.2 Å². The summed E-state index contributed by atoms with van der Waals surface area (Å²) in [6, 6.07) is 15.3. The Labute approximate surface area is 114 Å². The molecular weight excluding hydrogens is 256 g/mol. The Bertz CT molecular complexity index is 738. The number of carbonyl (C=O) groups excluding carboxylic acids is 1. The van der Waals surface area contributed by atoms with Crippen LogP contribution in [0, 0.1) is 0 Å². The smallest absolute Gasteiger partial charge is 0.151 e. The van der Waals surface area contributed by atoms with Gasteiger partial charge in [0.25, 0.3) is 0 Å². The van der Waals surface area contributed by atoms with Crippen molar-refractivity contribution in [1.29, 1.82) is 0 Å². The molecule has 0 aliphatic carbocycles. The maximum Gasteiger partial charge on any atom is 0.151 e. The average Bonchev–Trinajstić information content (AvgIpc) is 2.48. The first-order valence-corrected chi connectivity index (χ1v) is 6.62. The molecule has 0 saturated heterocycles. The molecule has 3 rings (SSSR count). The van der Waals surface area contributed by atoms with Gasteiger partial charge >= 0.3 is 0 Å². The summed E-state index contributed by atoms with van der Waals surface area (Å²) >= 11 is 1.49. The van der Waals surface area contributed by atoms with E-state index in [0.29, 0.717) is 5.56 Å². The van der Waals surface area contributed by atoms with Crippen LogP contribution in [-0.4, -0.2) is 16.3 Å². The molecule has 0 radical (unpaired) electrons. The Morgan fingerprint density at radius 2 is 1.74 bits per heavy atom. The molecule has 0 bridgehead atoms. The van der Waals surface area contributed by atoms with Gasteiger partial charge in [0.2, 0.25) is 0 Å². The molecule has 3 nitrogen and oxygen atoms in total. The van der Waals surface area contributed by atoms with E-state index in [4.69, 9.17) is 0 Å². The van der Waals surface area contributed by atoms with E-state index in [2.05, 4.69) is 9.97 Å². The van der Waals surface area contributed by atoms with Crippen molar-refractivity contribution in [2.45, 2.75) is 9.92 Å². The van der Waals surface area contributed by atoms with Crippen LogP contribution in [0.5, 0.6) is 0 Å². The number of para-hydroxylation sites is 1. The maximum absolute atomic E-state index is 11.0. The Morgan fingerprint density at radius 3 is 2.63 bits per heavy atom. The third-order valence-corrected chi connectivity index (χ3v) is 3.87. The fourth-order valence-corrected chi connectivity index (χ4v) is 2.81. The van der Waals surface area contributed by atoms with Crippen LogP contribution in [-0.2, 0) is 0 Å². The molecule has 2 aromatic carbocycles. The molecule has 0 fully saturated rings. The van der Waals surface area contributed by atoms with Gasteiger partial charge in [0, 0.05) is 15.8 Å². The molecule has 0 N–H and O–H groups in total. The van der Waals surface area contributed by atoms with Crippen LogP contribution in [0.4, 0.5) is 0 Å². The minimum Gasteiger partial charge on any atom is -0.298 e. The first-order chi connectivity index (χ1) is 9.38. The van der Waals surface area contributed by atoms with Gasteiger partial charge < -0.3 is 0 Å². The van der Waals surface area contributed by atoms with E-state index < -0.39 is 0 Å². The Hall–Kier alpha value is -2.20. The normalized spacial score (nSPS) is 10.5. The summed E-state index contributed by atoms with van der Waals surface area (Å²) in [6.07, 6.45) is 2.42. The molecule has 0 spiro atoms. The zero-order chi connectivity index (χ0) is 13.1. The lowest BCUT2D eigenvalue weighted by Crippen LogP contribution is -1.89. The summed E-state index contributed by atoms with van der Waals surface area (Å²) < 4.78 is 0. The molecule has 1 aromatic heterocycles. The van der Waals surface area contributed by atoms with Crippen molar-refractivity contribution < 1.29 is 4.79 Å². The Morgan fingerprint density at radius 1 is 0.947 bits per heavy atom. The van der Waals surface area contributed by atoms with Gasteiger partial charge in [-0.05, 0) is 12.1 Å². The number of carbonyl (C=O) groups is 1. The molecule has 0 unspecified atom stereocenters. The highest BCUT2D eigenvalue weighted by atomic mass is 32.2. The maximum atomic E-state index is 11.0. The topological polar surface area (TPSA) is 42.9 Å². The zero-order valence-electron chi connectivity index (χ0n) is 9.98. The zero-order valence-corrected chi connectivity index (χ0v) is 10.8. The van der Waals surface area contributed by atoms with E-state index in [-0.39, 0.29) is 0 Å². The number of benzene rings is 2. The van der Waals surface area contributed by atoms with Crippen molar-refractivity contribution >= 4 is 29.0 Å². The SMILES string of the molecule is O=Cc1ccccc1Sc1ncnc2ccccc12. The van der Waals surface area contributed by atoms with E-state index in [1.807, 2.05) is 42.5 Å². The number of aldehydes is 1. The van der Waals surface area contributed by atoms with Gasteiger partial charge in [0.15, 0.2) is 6.29 Å². The summed E-state index contributed by atoms with van der Waals surface area (Å²) in [5.74, 6) is 0. The number of nitrogens with zero attached hydrogens (tertiary/aromatic N) is 2. The van der Waals surface area contributed by atoms with Crippen molar-refractivity contribution in [2.24, 2.45) is 0 Å². The van der Waals surface area contributed by atoms with Gasteiger partial charge in [0.1, 0.15) is 11.4 Å². The van der Waals surface area contributed by atoms with Gasteiger partial charge in [-0.2, -0.15) is 0 Å². The van der Waals surface area contributed by atoms with Crippen LogP contribution in [0.3, 0.4) is 0 Å². The third kappa shape index (κ3) is 2.35. The highest BCUT2D eigenvalue weighted by Crippen LogP contribution is 2.32. The number of rotatable bonds is 3. The monoisotopic (exact) mass is 266 g/mol. The Balaban J connectivity index is 2.08. The standard InChI is InChI=1S/C15H10N2OS/c18-9-11-5-1-4-8-14(11)19-15-12-6-2-3-7-13(12)16-10-17-15/h1-10H. The minimum atomic E-state index is 0.676. The van der Waals surface area contributed by atoms with Gasteiger partial charge in [0.05, 0.1) is 5.52 Å². The second-order valence-corrected chi connectivity index (χ2v) is 4.98. The number of hydrogen-bond donors (Lipinski definition) is 0. The predicted molar refractivity (Wildman–Crippen MR) is 75.5 cm³/mol. The van der Waals surface area contributed by atoms with E-state index in [9.17, 15) is 4.79 Å². The first-order valence-electron chi connectivity index (χ1n) is 5.80. The minimum absolute atomic E-state index is 0.676. The lowest BCUT2D eigenvalue weighted by molar-refractivity contribution is 0.112. The Kier molecular flexibility index (Phi) is 3.25. The molecular formula is C15H10N2OS. The molecule has 0 amide bonds. The highest BCUT2D eigenvalue weighted by molar-refractivity contribution is 7.99. The van der Waals surface area contributed by atoms with Gasteiger partial charge in [-0.15, -0.1) is 0 Å². The molecule has 92 valence electrons. The molecule has 0 aliphatic rings. The van der Waals surface area contributed by atoms with E-state index in [1.54, 1.807) is 12.4 Å². The summed E-state index contributed by atoms with van der Waals surface area (Å²) in [5, 5.41) is 1.86. The molecule has 4 heteroatoms. The van der Waals surface area contributed by atoms with Crippen molar-refractivity contribution in [3.05, 3.63) is 60.4 Å². The van der Waals surface area contributed by atoms with E-state index in [0.717, 1.165) is 27.1 Å². The molecule has 1 heterocycles. The summed E-state index contributed by atoms with van der Waals surface area (Å²) in [4.78, 5) is 20.5. The highest BCUT2D eigenvalue weighted by Gasteiger charge is 2.07. The molecule has 0 atom stereocenters. The second-order valence-electron chi connectivity index (χ2n) is 3.95. The van der Waals surface area contributed by atoms with E-state index in [1.165, 1.54) is 11.8 Å². The van der Waals surface area contributed by atoms with E-state index >= 15 is 0 Å². The largest absolute Gasteiger partial charge is 0.298 e. The summed E-state index contributed by atoms with van der Waals surface area (Å²) in [5.41, 5.74) is 1.58. The first kappa shape index (κ1) is 11.9. The van der Waals surface area contributed by atoms with Crippen molar-refractivity contribution in [2.75, 3.05) is 0 Å². The van der Waals surface area contributed by atoms with Crippen LogP contribution in [0.15, 0.2) is 64.8 Å². The van der Waals surface area contributed by atoms with Crippen LogP contribution in [0.1, 0.15) is 10.4 Å². The van der Waals surface area contributed by atoms with Crippen molar-refractivity contribution in [1.82, 2.24) is 9.97 Å². The molecule has 19 heavy (non-hydrogen) atoms. The van der Waals surface area contributed by atoms with Gasteiger partial charge in [-0.3, -0.25) is 4.79 Å². The van der Waals surface area contributed by atoms with Gasteiger partial charge in [-0.25, -0.2) is 9.97 Å². The fraction of sp³-hybridized carbons (Fsp3) is 0. The van der Waals surface area contributed by atoms with Crippen LogP contribution < -0.4 is 0 Å². The molecule has 0 saturated carbocycles. The summed E-state index contributed by atoms with van der Waals surface area (Å²) in [6.45, 7) is 0. The lowest BCUT2D eigenvalue weighted by atomic mass is 10.2. The predicted octanol–water partition coefficient (Wildman–Crippen LogP) is 3.59. The number of hydrogen-bond acceptors (Lipinski definition) is 4. The average molecular weight is 266 g/mol. The van der Waals surface area contributed by atoms with Crippen LogP contribution in [0.2, 0.25) is 0 Å². The fourth-order valence-electron chi connectivity index (χ4n) is 1.84. The lowest BCUT2D eigenvalue weighted by Gasteiger charge is -2.06. The quantitative estimate of drug-likeness (QED) is 0.536. The molecule has 0 aliphatic heterocycles. The third-order valence-electron chi connectivity index (χ3n) is 2.76. The van der Waals surface area contributed by atoms with Crippen LogP contribution in [0.25, 0.3) is 10.9 Å². The summed E-state index contributed by atoms with van der Waals surface area (Å²) in [7, 11) is 0. The number of fused-ring (bicyclic) bond motifs is 1.